The molecule has 1 aromatic rings. The van der Waals surface area contributed by atoms with Gasteiger partial charge < -0.3 is 9.64 Å². The number of benzene rings is 1. The summed E-state index contributed by atoms with van der Waals surface area (Å²) in [6, 6.07) is 7.51. The molecular formula is C19H28ClN3O4S. The molecule has 2 fully saturated rings. The summed E-state index contributed by atoms with van der Waals surface area (Å²) < 4.78 is 34.5. The number of rotatable bonds is 5. The second kappa shape index (κ2) is 9.09. The summed E-state index contributed by atoms with van der Waals surface area (Å²) in [5, 5.41) is 0.667. The summed E-state index contributed by atoms with van der Waals surface area (Å²) in [5.74, 6) is 0.0329. The van der Waals surface area contributed by atoms with Crippen molar-refractivity contribution in [1.82, 2.24) is 13.5 Å². The first-order valence-corrected chi connectivity index (χ1v) is 11.5. The standard InChI is InChI=1S/C19H28ClN3O4S/c1-15-13-23(14-16(2)27-15)28(25,26)22-11-9-21(10-12-22)19(24)8-7-17-5-3-4-6-18(17)20/h3-6,15-16H,7-14H2,1-2H3/t15-,16+. The van der Waals surface area contributed by atoms with Crippen LogP contribution >= 0.6 is 11.6 Å². The number of hydrogen-bond acceptors (Lipinski definition) is 4. The first-order valence-electron chi connectivity index (χ1n) is 9.69. The van der Waals surface area contributed by atoms with E-state index in [0.717, 1.165) is 5.56 Å². The molecule has 7 nitrogen and oxygen atoms in total. The van der Waals surface area contributed by atoms with Crippen LogP contribution < -0.4 is 0 Å². The highest BCUT2D eigenvalue weighted by Crippen LogP contribution is 2.20. The van der Waals surface area contributed by atoms with Crippen LogP contribution in [-0.2, 0) is 26.2 Å². The Morgan fingerprint density at radius 2 is 1.68 bits per heavy atom. The van der Waals surface area contributed by atoms with E-state index in [1.54, 1.807) is 4.90 Å². The molecule has 1 aromatic carbocycles. The molecule has 0 aliphatic carbocycles. The molecule has 2 aliphatic rings. The Kier molecular flexibility index (Phi) is 6.98. The lowest BCUT2D eigenvalue weighted by Gasteiger charge is -2.40. The van der Waals surface area contributed by atoms with Gasteiger partial charge in [-0.2, -0.15) is 17.0 Å². The van der Waals surface area contributed by atoms with Gasteiger partial charge in [0.2, 0.25) is 5.91 Å². The Morgan fingerprint density at radius 3 is 2.29 bits per heavy atom. The summed E-state index contributed by atoms with van der Waals surface area (Å²) in [6.45, 7) is 5.96. The van der Waals surface area contributed by atoms with Crippen LogP contribution in [-0.4, -0.2) is 79.3 Å². The zero-order valence-corrected chi connectivity index (χ0v) is 18.0. The molecule has 0 saturated carbocycles. The molecule has 0 radical (unpaired) electrons. The maximum absolute atomic E-state index is 12.9. The molecule has 0 spiro atoms. The Balaban J connectivity index is 1.52. The lowest BCUT2D eigenvalue weighted by Crippen LogP contribution is -2.57. The molecule has 2 aliphatic heterocycles. The fourth-order valence-corrected chi connectivity index (χ4v) is 5.73. The van der Waals surface area contributed by atoms with Crippen LogP contribution in [0.25, 0.3) is 0 Å². The third kappa shape index (κ3) is 5.04. The lowest BCUT2D eigenvalue weighted by atomic mass is 10.1. The van der Waals surface area contributed by atoms with Gasteiger partial charge in [0.15, 0.2) is 0 Å². The summed E-state index contributed by atoms with van der Waals surface area (Å²) in [7, 11) is -3.53. The van der Waals surface area contributed by atoms with E-state index < -0.39 is 10.2 Å². The zero-order chi connectivity index (χ0) is 20.3. The predicted octanol–water partition coefficient (Wildman–Crippen LogP) is 1.77. The lowest BCUT2D eigenvalue weighted by molar-refractivity contribution is -0.132. The van der Waals surface area contributed by atoms with Crippen molar-refractivity contribution in [2.45, 2.75) is 38.9 Å². The van der Waals surface area contributed by atoms with Crippen LogP contribution in [0.1, 0.15) is 25.8 Å². The number of ether oxygens (including phenoxy) is 1. The van der Waals surface area contributed by atoms with Crippen molar-refractivity contribution >= 4 is 27.7 Å². The van der Waals surface area contributed by atoms with Crippen LogP contribution in [0.5, 0.6) is 0 Å². The first kappa shape index (κ1) is 21.5. The maximum atomic E-state index is 12.9. The van der Waals surface area contributed by atoms with Crippen molar-refractivity contribution in [2.75, 3.05) is 39.3 Å². The molecule has 0 N–H and O–H groups in total. The van der Waals surface area contributed by atoms with E-state index in [4.69, 9.17) is 16.3 Å². The molecular weight excluding hydrogens is 402 g/mol. The SMILES string of the molecule is C[C@@H]1CN(S(=O)(=O)N2CCN(C(=O)CCc3ccccc3Cl)CC2)C[C@H](C)O1. The third-order valence-corrected chi connectivity index (χ3v) is 7.53. The van der Waals surface area contributed by atoms with E-state index in [2.05, 4.69) is 0 Å². The first-order chi connectivity index (χ1) is 13.3. The second-order valence-electron chi connectivity index (χ2n) is 7.45. The van der Waals surface area contributed by atoms with Gasteiger partial charge in [0.05, 0.1) is 12.2 Å². The average Bonchev–Trinajstić information content (AvgIpc) is 2.66. The number of carbonyl (C=O) groups is 1. The van der Waals surface area contributed by atoms with Crippen LogP contribution in [0.3, 0.4) is 0 Å². The molecule has 2 saturated heterocycles. The molecule has 9 heteroatoms. The Morgan fingerprint density at radius 1 is 1.07 bits per heavy atom. The van der Waals surface area contributed by atoms with Gasteiger partial charge in [0.1, 0.15) is 0 Å². The van der Waals surface area contributed by atoms with Gasteiger partial charge in [-0.3, -0.25) is 4.79 Å². The number of carbonyl (C=O) groups excluding carboxylic acids is 1. The molecule has 0 unspecified atom stereocenters. The van der Waals surface area contributed by atoms with Crippen molar-refractivity contribution in [2.24, 2.45) is 0 Å². The fraction of sp³-hybridized carbons (Fsp3) is 0.632. The van der Waals surface area contributed by atoms with Gasteiger partial charge in [-0.05, 0) is 31.9 Å². The smallest absolute Gasteiger partial charge is 0.282 e. The summed E-state index contributed by atoms with van der Waals surface area (Å²) in [6.07, 6.45) is 0.715. The van der Waals surface area contributed by atoms with Crippen molar-refractivity contribution in [3.8, 4) is 0 Å². The largest absolute Gasteiger partial charge is 0.373 e. The molecule has 2 atom stereocenters. The monoisotopic (exact) mass is 429 g/mol. The van der Waals surface area contributed by atoms with Crippen LogP contribution in [0.15, 0.2) is 24.3 Å². The topological polar surface area (TPSA) is 70.2 Å². The molecule has 28 heavy (non-hydrogen) atoms. The number of nitrogens with zero attached hydrogens (tertiary/aromatic N) is 3. The van der Waals surface area contributed by atoms with E-state index >= 15 is 0 Å². The molecule has 3 rings (SSSR count). The van der Waals surface area contributed by atoms with Crippen molar-refractivity contribution in [1.29, 1.82) is 0 Å². The number of hydrogen-bond donors (Lipinski definition) is 0. The van der Waals surface area contributed by atoms with Crippen molar-refractivity contribution < 1.29 is 17.9 Å². The maximum Gasteiger partial charge on any atom is 0.282 e. The van der Waals surface area contributed by atoms with Gasteiger partial charge in [0, 0.05) is 50.7 Å². The minimum absolute atomic E-state index is 0.0329. The normalized spacial score (nSPS) is 25.0. The van der Waals surface area contributed by atoms with E-state index in [9.17, 15) is 13.2 Å². The molecule has 0 aromatic heterocycles. The summed E-state index contributed by atoms with van der Waals surface area (Å²) in [5.41, 5.74) is 0.953. The third-order valence-electron chi connectivity index (χ3n) is 5.20. The Bertz CT molecular complexity index is 786. The quantitative estimate of drug-likeness (QED) is 0.715. The fourth-order valence-electron chi connectivity index (χ4n) is 3.75. The van der Waals surface area contributed by atoms with Crippen LogP contribution in [0.4, 0.5) is 0 Å². The minimum Gasteiger partial charge on any atom is -0.373 e. The van der Waals surface area contributed by atoms with Gasteiger partial charge in [0.25, 0.3) is 10.2 Å². The van der Waals surface area contributed by atoms with E-state index in [1.807, 2.05) is 38.1 Å². The van der Waals surface area contributed by atoms with E-state index in [0.29, 0.717) is 57.1 Å². The van der Waals surface area contributed by atoms with Crippen molar-refractivity contribution in [3.05, 3.63) is 34.9 Å². The average molecular weight is 430 g/mol. The van der Waals surface area contributed by atoms with Gasteiger partial charge in [-0.1, -0.05) is 29.8 Å². The van der Waals surface area contributed by atoms with E-state index in [-0.39, 0.29) is 18.1 Å². The second-order valence-corrected chi connectivity index (χ2v) is 9.79. The minimum atomic E-state index is -3.53. The number of piperazine rings is 1. The van der Waals surface area contributed by atoms with Gasteiger partial charge in [-0.25, -0.2) is 0 Å². The van der Waals surface area contributed by atoms with Crippen molar-refractivity contribution in [3.63, 3.8) is 0 Å². The number of aryl methyl sites for hydroxylation is 1. The molecule has 0 bridgehead atoms. The molecule has 2 heterocycles. The highest BCUT2D eigenvalue weighted by molar-refractivity contribution is 7.86. The van der Waals surface area contributed by atoms with Crippen LogP contribution in [0, 0.1) is 0 Å². The molecule has 156 valence electrons. The predicted molar refractivity (Wildman–Crippen MR) is 108 cm³/mol. The number of halogens is 1. The Labute approximate surface area is 172 Å². The number of amides is 1. The highest BCUT2D eigenvalue weighted by atomic mass is 35.5. The highest BCUT2D eigenvalue weighted by Gasteiger charge is 2.37. The molecule has 1 amide bonds. The summed E-state index contributed by atoms with van der Waals surface area (Å²) in [4.78, 5) is 14.3. The summed E-state index contributed by atoms with van der Waals surface area (Å²) >= 11 is 6.15. The number of morpholine rings is 1. The Hall–Kier alpha value is -1.19. The van der Waals surface area contributed by atoms with Gasteiger partial charge in [-0.15, -0.1) is 0 Å². The zero-order valence-electron chi connectivity index (χ0n) is 16.4. The van der Waals surface area contributed by atoms with E-state index in [1.165, 1.54) is 8.61 Å². The van der Waals surface area contributed by atoms with Gasteiger partial charge >= 0.3 is 0 Å². The van der Waals surface area contributed by atoms with Crippen LogP contribution in [0.2, 0.25) is 5.02 Å².